The average molecular weight is 413 g/mol. The van der Waals surface area contributed by atoms with E-state index in [1.54, 1.807) is 0 Å². The van der Waals surface area contributed by atoms with Crippen molar-refractivity contribution in [2.75, 3.05) is 0 Å². The maximum absolute atomic E-state index is 4.83. The van der Waals surface area contributed by atoms with E-state index >= 15 is 0 Å². The predicted octanol–water partition coefficient (Wildman–Crippen LogP) is 7.76. The summed E-state index contributed by atoms with van der Waals surface area (Å²) in [7, 11) is 0. The highest BCUT2D eigenvalue weighted by Crippen LogP contribution is 2.33. The Hall–Kier alpha value is -4.04. The van der Waals surface area contributed by atoms with Gasteiger partial charge >= 0.3 is 0 Å². The third-order valence-electron chi connectivity index (χ3n) is 5.74. The van der Waals surface area contributed by atoms with Gasteiger partial charge in [-0.15, -0.1) is 0 Å². The molecule has 1 heterocycles. The maximum Gasteiger partial charge on any atom is 0.126 e. The van der Waals surface area contributed by atoms with Crippen molar-refractivity contribution in [2.24, 2.45) is 0 Å². The molecule has 0 radical (unpaired) electrons. The molecule has 0 fully saturated rings. The van der Waals surface area contributed by atoms with E-state index in [-0.39, 0.29) is 0 Å². The first-order chi connectivity index (χ1) is 15.7. The molecule has 0 aliphatic rings. The van der Waals surface area contributed by atoms with Crippen molar-refractivity contribution in [2.45, 2.75) is 13.8 Å². The first-order valence-electron chi connectivity index (χ1n) is 10.9. The Balaban J connectivity index is 1.61. The molecule has 1 aromatic heterocycles. The van der Waals surface area contributed by atoms with E-state index in [0.29, 0.717) is 0 Å². The first kappa shape index (κ1) is 19.9. The Labute approximate surface area is 189 Å². The van der Waals surface area contributed by atoms with Gasteiger partial charge < -0.3 is 0 Å². The van der Waals surface area contributed by atoms with E-state index in [9.17, 15) is 0 Å². The fourth-order valence-corrected chi connectivity index (χ4v) is 4.14. The molecule has 0 saturated heterocycles. The number of benzene rings is 4. The molecule has 0 atom stereocenters. The zero-order valence-corrected chi connectivity index (χ0v) is 18.3. The van der Waals surface area contributed by atoms with Gasteiger partial charge in [0.25, 0.3) is 0 Å². The summed E-state index contributed by atoms with van der Waals surface area (Å²) < 4.78 is 0. The van der Waals surface area contributed by atoms with Crippen LogP contribution in [0.15, 0.2) is 109 Å². The lowest BCUT2D eigenvalue weighted by atomic mass is 9.96. The van der Waals surface area contributed by atoms with Gasteiger partial charge in [0, 0.05) is 16.7 Å². The molecule has 2 heteroatoms. The van der Waals surface area contributed by atoms with Crippen LogP contribution in [0.1, 0.15) is 11.4 Å². The van der Waals surface area contributed by atoms with E-state index in [4.69, 9.17) is 9.97 Å². The second-order valence-corrected chi connectivity index (χ2v) is 7.99. The van der Waals surface area contributed by atoms with Crippen molar-refractivity contribution in [3.63, 3.8) is 0 Å². The highest BCUT2D eigenvalue weighted by Gasteiger charge is 2.14. The Morgan fingerprint density at radius 1 is 0.406 bits per heavy atom. The lowest BCUT2D eigenvalue weighted by molar-refractivity contribution is 1.04. The van der Waals surface area contributed by atoms with Crippen molar-refractivity contribution in [3.05, 3.63) is 121 Å². The lowest BCUT2D eigenvalue weighted by Gasteiger charge is -2.14. The molecule has 5 rings (SSSR count). The highest BCUT2D eigenvalue weighted by atomic mass is 14.9. The number of aromatic nitrogens is 2. The minimum atomic E-state index is 0.774. The van der Waals surface area contributed by atoms with Crippen LogP contribution < -0.4 is 0 Å². The summed E-state index contributed by atoms with van der Waals surface area (Å²) in [6.07, 6.45) is 0. The Morgan fingerprint density at radius 2 is 0.781 bits per heavy atom. The molecule has 5 aromatic rings. The standard InChI is InChI=1S/C30H24N2/c1-21-29(27-17-9-15-25(19-27)23-11-5-3-6-12-23)31-22(2)32-30(21)28-18-10-16-26(20-28)24-13-7-4-8-14-24/h3-20H,1-2H3. The van der Waals surface area contributed by atoms with Gasteiger partial charge in [0.05, 0.1) is 11.4 Å². The normalized spacial score (nSPS) is 10.8. The number of hydrogen-bond donors (Lipinski definition) is 0. The van der Waals surface area contributed by atoms with Gasteiger partial charge in [-0.2, -0.15) is 0 Å². The van der Waals surface area contributed by atoms with Gasteiger partial charge in [-0.25, -0.2) is 9.97 Å². The van der Waals surface area contributed by atoms with Crippen LogP contribution in [-0.4, -0.2) is 9.97 Å². The van der Waals surface area contributed by atoms with Crippen molar-refractivity contribution in [1.29, 1.82) is 0 Å². The average Bonchev–Trinajstić information content (AvgIpc) is 2.86. The molecular formula is C30H24N2. The van der Waals surface area contributed by atoms with Gasteiger partial charge in [0.15, 0.2) is 0 Å². The van der Waals surface area contributed by atoms with E-state index < -0.39 is 0 Å². The SMILES string of the molecule is Cc1nc(-c2cccc(-c3ccccc3)c2)c(C)c(-c2cccc(-c3ccccc3)c2)n1. The molecule has 4 aromatic carbocycles. The monoisotopic (exact) mass is 412 g/mol. The summed E-state index contributed by atoms with van der Waals surface area (Å²) in [5, 5.41) is 0. The van der Waals surface area contributed by atoms with E-state index in [2.05, 4.69) is 104 Å². The molecule has 32 heavy (non-hydrogen) atoms. The van der Waals surface area contributed by atoms with Crippen molar-refractivity contribution >= 4 is 0 Å². The molecule has 154 valence electrons. The van der Waals surface area contributed by atoms with Crippen LogP contribution in [0, 0.1) is 13.8 Å². The Morgan fingerprint density at radius 3 is 1.22 bits per heavy atom. The Kier molecular flexibility index (Phi) is 5.35. The van der Waals surface area contributed by atoms with E-state index in [1.807, 2.05) is 19.1 Å². The number of hydrogen-bond acceptors (Lipinski definition) is 2. The van der Waals surface area contributed by atoms with Crippen molar-refractivity contribution < 1.29 is 0 Å². The third-order valence-corrected chi connectivity index (χ3v) is 5.74. The van der Waals surface area contributed by atoms with Crippen LogP contribution in [0.3, 0.4) is 0 Å². The highest BCUT2D eigenvalue weighted by molar-refractivity contribution is 5.79. The van der Waals surface area contributed by atoms with Crippen LogP contribution in [-0.2, 0) is 0 Å². The minimum Gasteiger partial charge on any atom is -0.233 e. The molecule has 0 unspecified atom stereocenters. The van der Waals surface area contributed by atoms with Crippen LogP contribution in [0.25, 0.3) is 44.8 Å². The third kappa shape index (κ3) is 3.95. The second-order valence-electron chi connectivity index (χ2n) is 7.99. The largest absolute Gasteiger partial charge is 0.233 e. The summed E-state index contributed by atoms with van der Waals surface area (Å²) in [6, 6.07) is 38.1. The molecular weight excluding hydrogens is 388 g/mol. The Bertz CT molecular complexity index is 1270. The summed E-state index contributed by atoms with van der Waals surface area (Å²) in [6.45, 7) is 4.09. The summed E-state index contributed by atoms with van der Waals surface area (Å²) in [5.74, 6) is 0.774. The van der Waals surface area contributed by atoms with Crippen LogP contribution in [0.2, 0.25) is 0 Å². The van der Waals surface area contributed by atoms with Crippen LogP contribution in [0.5, 0.6) is 0 Å². The van der Waals surface area contributed by atoms with Gasteiger partial charge in [-0.05, 0) is 48.2 Å². The van der Waals surface area contributed by atoms with Gasteiger partial charge in [-0.3, -0.25) is 0 Å². The summed E-state index contributed by atoms with van der Waals surface area (Å²) in [5.41, 5.74) is 10.0. The van der Waals surface area contributed by atoms with Crippen molar-refractivity contribution in [1.82, 2.24) is 9.97 Å². The molecule has 0 saturated carbocycles. The van der Waals surface area contributed by atoms with E-state index in [1.165, 1.54) is 22.3 Å². The lowest BCUT2D eigenvalue weighted by Crippen LogP contribution is -2.00. The van der Waals surface area contributed by atoms with E-state index in [0.717, 1.165) is 33.9 Å². The smallest absolute Gasteiger partial charge is 0.126 e. The maximum atomic E-state index is 4.83. The van der Waals surface area contributed by atoms with Crippen LogP contribution >= 0.6 is 0 Å². The molecule has 2 nitrogen and oxygen atoms in total. The first-order valence-corrected chi connectivity index (χ1v) is 10.9. The van der Waals surface area contributed by atoms with Gasteiger partial charge in [0.1, 0.15) is 5.82 Å². The quantitative estimate of drug-likeness (QED) is 0.301. The zero-order chi connectivity index (χ0) is 21.9. The predicted molar refractivity (Wildman–Crippen MR) is 133 cm³/mol. The van der Waals surface area contributed by atoms with Crippen LogP contribution in [0.4, 0.5) is 0 Å². The van der Waals surface area contributed by atoms with Gasteiger partial charge in [0.2, 0.25) is 0 Å². The molecule has 0 bridgehead atoms. The topological polar surface area (TPSA) is 25.8 Å². The molecule has 0 aliphatic carbocycles. The summed E-state index contributed by atoms with van der Waals surface area (Å²) in [4.78, 5) is 9.67. The fourth-order valence-electron chi connectivity index (χ4n) is 4.14. The molecule has 0 aliphatic heterocycles. The fraction of sp³-hybridized carbons (Fsp3) is 0.0667. The molecule has 0 N–H and O–H groups in total. The minimum absolute atomic E-state index is 0.774. The number of nitrogens with zero attached hydrogens (tertiary/aromatic N) is 2. The van der Waals surface area contributed by atoms with Crippen molar-refractivity contribution in [3.8, 4) is 44.8 Å². The molecule has 0 spiro atoms. The second kappa shape index (κ2) is 8.60. The molecule has 0 amide bonds. The number of rotatable bonds is 4. The summed E-state index contributed by atoms with van der Waals surface area (Å²) >= 11 is 0. The number of aryl methyl sites for hydroxylation is 1. The zero-order valence-electron chi connectivity index (χ0n) is 18.3. The van der Waals surface area contributed by atoms with Gasteiger partial charge in [-0.1, -0.05) is 97.1 Å².